The van der Waals surface area contributed by atoms with Crippen LogP contribution in [0.1, 0.15) is 11.1 Å². The molecule has 0 saturated heterocycles. The van der Waals surface area contributed by atoms with E-state index in [1.54, 1.807) is 12.4 Å². The molecule has 29 heavy (non-hydrogen) atoms. The molecule has 0 N–H and O–H groups in total. The number of rotatable bonds is 3. The van der Waals surface area contributed by atoms with Crippen LogP contribution in [0.15, 0.2) is 85.2 Å². The van der Waals surface area contributed by atoms with Gasteiger partial charge in [-0.1, -0.05) is 48.5 Å². The molecule has 1 aliphatic rings. The molecule has 0 saturated carbocycles. The second kappa shape index (κ2) is 7.06. The van der Waals surface area contributed by atoms with E-state index in [-0.39, 0.29) is 0 Å². The first-order valence-corrected chi connectivity index (χ1v) is 9.80. The third kappa shape index (κ3) is 3.03. The van der Waals surface area contributed by atoms with Crippen LogP contribution >= 0.6 is 0 Å². The number of benzene rings is 3. The first-order valence-electron chi connectivity index (χ1n) is 9.80. The molecule has 142 valence electrons. The Bertz CT molecular complexity index is 1150. The fraction of sp³-hybridized carbons (Fsp3) is 0.120. The quantitative estimate of drug-likeness (QED) is 0.437. The zero-order valence-corrected chi connectivity index (χ0v) is 16.6. The Morgan fingerprint density at radius 2 is 1.24 bits per heavy atom. The Hall–Kier alpha value is -3.66. The summed E-state index contributed by atoms with van der Waals surface area (Å²) in [6.07, 6.45) is 3.51. The first kappa shape index (κ1) is 17.4. The monoisotopic (exact) mass is 378 g/mol. The van der Waals surface area contributed by atoms with Crippen LogP contribution in [0.2, 0.25) is 0 Å². The molecule has 1 aliphatic heterocycles. The largest absolute Gasteiger partial charge is 0.305 e. The Kier molecular flexibility index (Phi) is 4.24. The second-order valence-electron chi connectivity index (χ2n) is 7.35. The number of nitrogens with zero attached hydrogens (tertiary/aromatic N) is 4. The minimum absolute atomic E-state index is 0.680. The van der Waals surface area contributed by atoms with E-state index in [0.29, 0.717) is 6.67 Å². The van der Waals surface area contributed by atoms with Crippen molar-refractivity contribution in [2.75, 3.05) is 16.5 Å². The number of fused-ring (bicyclic) bond motifs is 1. The Balaban J connectivity index is 1.59. The molecule has 0 bridgehead atoms. The van der Waals surface area contributed by atoms with Gasteiger partial charge in [0, 0.05) is 23.8 Å². The van der Waals surface area contributed by atoms with Crippen molar-refractivity contribution in [2.45, 2.75) is 13.8 Å². The lowest BCUT2D eigenvalue weighted by molar-refractivity contribution is 0.976. The Morgan fingerprint density at radius 1 is 0.655 bits per heavy atom. The van der Waals surface area contributed by atoms with E-state index in [1.807, 2.05) is 6.07 Å². The highest BCUT2D eigenvalue weighted by Gasteiger charge is 2.30. The fourth-order valence-electron chi connectivity index (χ4n) is 4.09. The maximum absolute atomic E-state index is 4.65. The molecule has 0 radical (unpaired) electrons. The van der Waals surface area contributed by atoms with Gasteiger partial charge in [0.2, 0.25) is 0 Å². The number of para-hydroxylation sites is 1. The number of aryl methyl sites for hydroxylation is 2. The van der Waals surface area contributed by atoms with Crippen LogP contribution in [0.25, 0.3) is 11.1 Å². The maximum Gasteiger partial charge on any atom is 0.178 e. The average molecular weight is 378 g/mol. The van der Waals surface area contributed by atoms with Gasteiger partial charge < -0.3 is 9.80 Å². The van der Waals surface area contributed by atoms with Crippen LogP contribution in [0.3, 0.4) is 0 Å². The van der Waals surface area contributed by atoms with Gasteiger partial charge in [0.15, 0.2) is 11.6 Å². The van der Waals surface area contributed by atoms with Gasteiger partial charge in [-0.15, -0.1) is 0 Å². The SMILES string of the molecule is Cc1cccc(C)c1-c1cccc(N2CN(c3ccccc3)c3nccnc32)c1. The van der Waals surface area contributed by atoms with Gasteiger partial charge in [-0.05, 0) is 60.4 Å². The first-order chi connectivity index (χ1) is 14.2. The van der Waals surface area contributed by atoms with Crippen LogP contribution in [0, 0.1) is 13.8 Å². The van der Waals surface area contributed by atoms with Gasteiger partial charge in [-0.2, -0.15) is 0 Å². The average Bonchev–Trinajstić information content (AvgIpc) is 3.14. The standard InChI is InChI=1S/C25H22N4/c1-18-8-6-9-19(2)23(18)20-10-7-13-22(16-20)29-17-28(21-11-4-3-5-12-21)24-25(29)27-15-14-26-24/h3-16H,17H2,1-2H3. The summed E-state index contributed by atoms with van der Waals surface area (Å²) in [4.78, 5) is 13.7. The zero-order valence-electron chi connectivity index (χ0n) is 16.6. The molecule has 0 atom stereocenters. The molecule has 4 heteroatoms. The predicted molar refractivity (Wildman–Crippen MR) is 119 cm³/mol. The van der Waals surface area contributed by atoms with E-state index in [9.17, 15) is 0 Å². The predicted octanol–water partition coefficient (Wildman–Crippen LogP) is 6.01. The molecule has 4 aromatic rings. The molecule has 2 heterocycles. The fourth-order valence-corrected chi connectivity index (χ4v) is 4.09. The topological polar surface area (TPSA) is 32.3 Å². The van der Waals surface area contributed by atoms with Crippen LogP contribution in [-0.2, 0) is 0 Å². The van der Waals surface area contributed by atoms with Gasteiger partial charge in [-0.3, -0.25) is 0 Å². The number of hydrogen-bond donors (Lipinski definition) is 0. The normalized spacial score (nSPS) is 12.9. The molecule has 0 spiro atoms. The van der Waals surface area contributed by atoms with Gasteiger partial charge in [0.05, 0.1) is 0 Å². The lowest BCUT2D eigenvalue weighted by Crippen LogP contribution is -2.24. The van der Waals surface area contributed by atoms with E-state index in [2.05, 4.69) is 100 Å². The zero-order chi connectivity index (χ0) is 19.8. The number of hydrogen-bond acceptors (Lipinski definition) is 4. The van der Waals surface area contributed by atoms with Gasteiger partial charge in [-0.25, -0.2) is 9.97 Å². The van der Waals surface area contributed by atoms with Crippen molar-refractivity contribution in [3.05, 3.63) is 96.3 Å². The molecule has 3 aromatic carbocycles. The summed E-state index contributed by atoms with van der Waals surface area (Å²) < 4.78 is 0. The minimum atomic E-state index is 0.680. The summed E-state index contributed by atoms with van der Waals surface area (Å²) in [7, 11) is 0. The molecule has 0 aliphatic carbocycles. The number of aromatic nitrogens is 2. The van der Waals surface area contributed by atoms with Crippen molar-refractivity contribution in [3.8, 4) is 11.1 Å². The maximum atomic E-state index is 4.65. The molecule has 0 fully saturated rings. The third-order valence-corrected chi connectivity index (χ3v) is 5.45. The van der Waals surface area contributed by atoms with Crippen LogP contribution in [0.4, 0.5) is 23.0 Å². The summed E-state index contributed by atoms with van der Waals surface area (Å²) in [5, 5.41) is 0. The summed E-state index contributed by atoms with van der Waals surface area (Å²) in [6, 6.07) is 25.5. The van der Waals surface area contributed by atoms with Crippen molar-refractivity contribution >= 4 is 23.0 Å². The van der Waals surface area contributed by atoms with Crippen molar-refractivity contribution in [1.29, 1.82) is 0 Å². The molecule has 1 aromatic heterocycles. The van der Waals surface area contributed by atoms with E-state index < -0.39 is 0 Å². The smallest absolute Gasteiger partial charge is 0.178 e. The van der Waals surface area contributed by atoms with Gasteiger partial charge in [0.25, 0.3) is 0 Å². The van der Waals surface area contributed by atoms with Crippen molar-refractivity contribution in [1.82, 2.24) is 9.97 Å². The highest BCUT2D eigenvalue weighted by atomic mass is 15.4. The van der Waals surface area contributed by atoms with Crippen LogP contribution in [-0.4, -0.2) is 16.6 Å². The van der Waals surface area contributed by atoms with Gasteiger partial charge >= 0.3 is 0 Å². The summed E-state index contributed by atoms with van der Waals surface area (Å²) in [5.41, 5.74) is 7.33. The van der Waals surface area contributed by atoms with Gasteiger partial charge in [0.1, 0.15) is 6.67 Å². The molecular weight excluding hydrogens is 356 g/mol. The molecule has 0 amide bonds. The highest BCUT2D eigenvalue weighted by molar-refractivity contribution is 5.83. The summed E-state index contributed by atoms with van der Waals surface area (Å²) in [5.74, 6) is 1.77. The summed E-state index contributed by atoms with van der Waals surface area (Å²) in [6.45, 7) is 5.02. The number of anilines is 4. The van der Waals surface area contributed by atoms with E-state index >= 15 is 0 Å². The highest BCUT2D eigenvalue weighted by Crippen LogP contribution is 2.42. The molecule has 0 unspecified atom stereocenters. The van der Waals surface area contributed by atoms with Crippen molar-refractivity contribution in [2.24, 2.45) is 0 Å². The lowest BCUT2D eigenvalue weighted by atomic mass is 9.95. The lowest BCUT2D eigenvalue weighted by Gasteiger charge is -2.22. The summed E-state index contributed by atoms with van der Waals surface area (Å²) >= 11 is 0. The van der Waals surface area contributed by atoms with Crippen LogP contribution < -0.4 is 9.80 Å². The minimum Gasteiger partial charge on any atom is -0.305 e. The molecular formula is C25H22N4. The van der Waals surface area contributed by atoms with Crippen molar-refractivity contribution < 1.29 is 0 Å². The van der Waals surface area contributed by atoms with Crippen molar-refractivity contribution in [3.63, 3.8) is 0 Å². The Labute approximate surface area is 171 Å². The van der Waals surface area contributed by atoms with E-state index in [0.717, 1.165) is 23.0 Å². The second-order valence-corrected chi connectivity index (χ2v) is 7.35. The van der Waals surface area contributed by atoms with E-state index in [4.69, 9.17) is 0 Å². The van der Waals surface area contributed by atoms with Crippen LogP contribution in [0.5, 0.6) is 0 Å². The van der Waals surface area contributed by atoms with E-state index in [1.165, 1.54) is 22.3 Å². The molecule has 5 rings (SSSR count). The Morgan fingerprint density at radius 3 is 1.93 bits per heavy atom. The third-order valence-electron chi connectivity index (χ3n) is 5.45. The molecule has 4 nitrogen and oxygen atoms in total.